The van der Waals surface area contributed by atoms with Crippen molar-refractivity contribution in [1.29, 1.82) is 0 Å². The Morgan fingerprint density at radius 2 is 0.956 bits per heavy atom. The Morgan fingerprint density at radius 3 is 1.42 bits per heavy atom. The minimum atomic E-state index is 0.0438. The Labute approximate surface area is 267 Å². The maximum absolute atomic E-state index is 4.91. The second kappa shape index (κ2) is 12.8. The highest BCUT2D eigenvalue weighted by molar-refractivity contribution is 6.97. The predicted octanol–water partition coefficient (Wildman–Crippen LogP) is 6.97. The molecule has 3 aromatic carbocycles. The Kier molecular flexibility index (Phi) is 8.45. The molecule has 3 nitrogen and oxygen atoms in total. The number of benzene rings is 3. The van der Waals surface area contributed by atoms with Gasteiger partial charge in [0, 0.05) is 23.5 Å². The molecule has 4 heteroatoms. The fourth-order valence-electron chi connectivity index (χ4n) is 6.64. The summed E-state index contributed by atoms with van der Waals surface area (Å²) in [5.74, 6) is 7.10. The first-order valence-electron chi connectivity index (χ1n) is 15.4. The molecule has 0 amide bonds. The molecule has 6 aromatic rings. The van der Waals surface area contributed by atoms with Crippen LogP contribution in [-0.4, -0.2) is 21.7 Å². The summed E-state index contributed by atoms with van der Waals surface area (Å²) < 4.78 is 0. The first-order chi connectivity index (χ1) is 21.8. The summed E-state index contributed by atoms with van der Waals surface area (Å²) in [6.45, 7) is 13.4. The van der Waals surface area contributed by atoms with Gasteiger partial charge in [0.15, 0.2) is 0 Å². The molecule has 3 aromatic heterocycles. The van der Waals surface area contributed by atoms with E-state index >= 15 is 0 Å². The van der Waals surface area contributed by atoms with Gasteiger partial charge in [-0.3, -0.25) is 9.97 Å². The number of hydrogen-bond acceptors (Lipinski definition) is 3. The molecule has 0 N–H and O–H groups in total. The molecule has 0 saturated heterocycles. The van der Waals surface area contributed by atoms with E-state index in [-0.39, 0.29) is 6.71 Å². The van der Waals surface area contributed by atoms with E-state index in [4.69, 9.17) is 4.98 Å². The van der Waals surface area contributed by atoms with Crippen molar-refractivity contribution in [2.75, 3.05) is 0 Å². The summed E-state index contributed by atoms with van der Waals surface area (Å²) in [6, 6.07) is 33.6. The average molecular weight is 582 g/mol. The number of nitrogens with zero attached hydrogens (tertiary/aromatic N) is 3. The summed E-state index contributed by atoms with van der Waals surface area (Å²) >= 11 is 0. The van der Waals surface area contributed by atoms with E-state index in [1.807, 2.05) is 48.5 Å². The number of aromatic nitrogens is 3. The van der Waals surface area contributed by atoms with Crippen LogP contribution in [0.15, 0.2) is 109 Å². The molecular formula is C41H36BN3. The van der Waals surface area contributed by atoms with Gasteiger partial charge in [-0.25, -0.2) is 4.98 Å². The van der Waals surface area contributed by atoms with Gasteiger partial charge in [0.05, 0.1) is 22.8 Å². The van der Waals surface area contributed by atoms with E-state index in [9.17, 15) is 0 Å². The third-order valence-electron chi connectivity index (χ3n) is 8.35. The van der Waals surface area contributed by atoms with Crippen molar-refractivity contribution in [2.24, 2.45) is 0 Å². The van der Waals surface area contributed by atoms with Gasteiger partial charge in [0.25, 0.3) is 0 Å². The number of pyridine rings is 3. The maximum atomic E-state index is 4.91. The number of rotatable bonds is 5. The standard InChI is InChI=1S/C41H36BN3/c1-27-21-29(3)40(30(4)22-27)42(41-31(5)23-28(2)24-32(41)6)35-14-8-7-13-34(35)18-17-33-25-38(36-15-9-11-19-43-36)45-39(26-33)37-16-10-12-20-44-37/h7-16,19-26H,1-6H3. The van der Waals surface area contributed by atoms with E-state index in [0.717, 1.165) is 33.9 Å². The number of aryl methyl sites for hydroxylation is 6. The van der Waals surface area contributed by atoms with Gasteiger partial charge >= 0.3 is 0 Å². The SMILES string of the molecule is Cc1cc(C)c(B(c2ccccc2C#Cc2cc(-c3ccccn3)nc(-c3ccccn3)c2)c2c(C)cc(C)cc2C)c(C)c1. The lowest BCUT2D eigenvalue weighted by atomic mass is 9.33. The van der Waals surface area contributed by atoms with E-state index in [1.54, 1.807) is 12.4 Å². The Morgan fingerprint density at radius 1 is 0.489 bits per heavy atom. The second-order valence-electron chi connectivity index (χ2n) is 12.0. The van der Waals surface area contributed by atoms with Gasteiger partial charge < -0.3 is 0 Å². The molecule has 0 unspecified atom stereocenters. The van der Waals surface area contributed by atoms with Crippen LogP contribution in [0, 0.1) is 53.4 Å². The predicted molar refractivity (Wildman–Crippen MR) is 189 cm³/mol. The van der Waals surface area contributed by atoms with Gasteiger partial charge in [-0.05, 0) is 84.0 Å². The fourth-order valence-corrected chi connectivity index (χ4v) is 6.64. The third kappa shape index (κ3) is 6.35. The van der Waals surface area contributed by atoms with Crippen LogP contribution in [0.5, 0.6) is 0 Å². The summed E-state index contributed by atoms with van der Waals surface area (Å²) in [5.41, 5.74) is 16.7. The third-order valence-corrected chi connectivity index (χ3v) is 8.35. The van der Waals surface area contributed by atoms with Crippen molar-refractivity contribution in [3.8, 4) is 34.6 Å². The first kappa shape index (κ1) is 29.8. The van der Waals surface area contributed by atoms with E-state index in [0.29, 0.717) is 0 Å². The summed E-state index contributed by atoms with van der Waals surface area (Å²) in [6.07, 6.45) is 3.58. The van der Waals surface area contributed by atoms with E-state index in [2.05, 4.69) is 112 Å². The lowest BCUT2D eigenvalue weighted by molar-refractivity contribution is 1.21. The van der Waals surface area contributed by atoms with Crippen LogP contribution < -0.4 is 16.4 Å². The normalized spacial score (nSPS) is 10.7. The average Bonchev–Trinajstić information content (AvgIpc) is 3.03. The van der Waals surface area contributed by atoms with Gasteiger partial charge in [0.1, 0.15) is 0 Å². The molecule has 0 atom stereocenters. The quantitative estimate of drug-likeness (QED) is 0.163. The van der Waals surface area contributed by atoms with Gasteiger partial charge in [-0.15, -0.1) is 0 Å². The molecule has 0 aliphatic rings. The van der Waals surface area contributed by atoms with Crippen molar-refractivity contribution in [3.05, 3.63) is 154 Å². The fraction of sp³-hybridized carbons (Fsp3) is 0.146. The molecule has 45 heavy (non-hydrogen) atoms. The molecule has 0 saturated carbocycles. The molecule has 3 heterocycles. The van der Waals surface area contributed by atoms with Crippen LogP contribution in [0.1, 0.15) is 44.5 Å². The van der Waals surface area contributed by atoms with E-state index < -0.39 is 0 Å². The zero-order chi connectivity index (χ0) is 31.5. The summed E-state index contributed by atoms with van der Waals surface area (Å²) in [7, 11) is 0. The lowest BCUT2D eigenvalue weighted by Gasteiger charge is -2.25. The zero-order valence-electron chi connectivity index (χ0n) is 26.8. The smallest absolute Gasteiger partial charge is 0.244 e. The van der Waals surface area contributed by atoms with Crippen molar-refractivity contribution in [1.82, 2.24) is 15.0 Å². The summed E-state index contributed by atoms with van der Waals surface area (Å²) in [4.78, 5) is 14.0. The van der Waals surface area contributed by atoms with Gasteiger partial charge in [-0.2, -0.15) is 0 Å². The minimum absolute atomic E-state index is 0.0438. The highest BCUT2D eigenvalue weighted by Gasteiger charge is 2.29. The summed E-state index contributed by atoms with van der Waals surface area (Å²) in [5, 5.41) is 0. The van der Waals surface area contributed by atoms with Crippen LogP contribution >= 0.6 is 0 Å². The van der Waals surface area contributed by atoms with Crippen molar-refractivity contribution in [2.45, 2.75) is 41.5 Å². The van der Waals surface area contributed by atoms with Crippen molar-refractivity contribution >= 4 is 23.1 Å². The van der Waals surface area contributed by atoms with Crippen LogP contribution in [0.25, 0.3) is 22.8 Å². The first-order valence-corrected chi connectivity index (χ1v) is 15.4. The second-order valence-corrected chi connectivity index (χ2v) is 12.0. The van der Waals surface area contributed by atoms with Crippen LogP contribution in [0.4, 0.5) is 0 Å². The molecular weight excluding hydrogens is 545 g/mol. The van der Waals surface area contributed by atoms with Crippen molar-refractivity contribution in [3.63, 3.8) is 0 Å². The van der Waals surface area contributed by atoms with Crippen molar-refractivity contribution < 1.29 is 0 Å². The van der Waals surface area contributed by atoms with Gasteiger partial charge in [-0.1, -0.05) is 116 Å². The van der Waals surface area contributed by atoms with E-state index in [1.165, 1.54) is 49.8 Å². The zero-order valence-corrected chi connectivity index (χ0v) is 26.8. The minimum Gasteiger partial charge on any atom is -0.255 e. The van der Waals surface area contributed by atoms with Crippen LogP contribution in [0.2, 0.25) is 0 Å². The molecule has 0 radical (unpaired) electrons. The topological polar surface area (TPSA) is 38.7 Å². The molecule has 0 bridgehead atoms. The Bertz CT molecular complexity index is 1910. The number of hydrogen-bond donors (Lipinski definition) is 0. The molecule has 0 fully saturated rings. The molecule has 0 aliphatic carbocycles. The molecule has 218 valence electrons. The molecule has 0 spiro atoms. The van der Waals surface area contributed by atoms with Crippen LogP contribution in [0.3, 0.4) is 0 Å². The molecule has 0 aliphatic heterocycles. The monoisotopic (exact) mass is 581 g/mol. The Balaban J connectivity index is 1.54. The highest BCUT2D eigenvalue weighted by Crippen LogP contribution is 2.22. The van der Waals surface area contributed by atoms with Gasteiger partial charge in [0.2, 0.25) is 6.71 Å². The molecule has 6 rings (SSSR count). The Hall–Kier alpha value is -5.27. The lowest BCUT2D eigenvalue weighted by Crippen LogP contribution is -2.56. The maximum Gasteiger partial charge on any atom is 0.244 e. The highest BCUT2D eigenvalue weighted by atomic mass is 14.8. The van der Waals surface area contributed by atoms with Crippen LogP contribution in [-0.2, 0) is 0 Å². The largest absolute Gasteiger partial charge is 0.255 e.